The number of carboxylic acids is 1. The maximum absolute atomic E-state index is 10.4. The van der Waals surface area contributed by atoms with Crippen molar-refractivity contribution in [2.24, 2.45) is 0 Å². The van der Waals surface area contributed by atoms with Gasteiger partial charge in [-0.25, -0.2) is 0 Å². The maximum atomic E-state index is 10.4. The van der Waals surface area contributed by atoms with Crippen LogP contribution < -0.4 is 0 Å². The van der Waals surface area contributed by atoms with Crippen LogP contribution in [-0.2, 0) is 17.8 Å². The molecule has 1 aromatic rings. The molecule has 1 aromatic heterocycles. The lowest BCUT2D eigenvalue weighted by molar-refractivity contribution is -0.137. The first-order valence-corrected chi connectivity index (χ1v) is 5.43. The van der Waals surface area contributed by atoms with Gasteiger partial charge in [0.05, 0.1) is 0 Å². The molecular weight excluding hydrogens is 190 g/mol. The molecule has 0 atom stereocenters. The number of rotatable bonds is 5. The number of aromatic nitrogens is 1. The lowest BCUT2D eigenvalue weighted by Crippen LogP contribution is -2.00. The zero-order valence-corrected chi connectivity index (χ0v) is 9.71. The van der Waals surface area contributed by atoms with Crippen LogP contribution in [0.4, 0.5) is 0 Å². The molecule has 84 valence electrons. The van der Waals surface area contributed by atoms with Crippen molar-refractivity contribution in [2.45, 2.75) is 46.6 Å². The lowest BCUT2D eigenvalue weighted by atomic mass is 10.1. The molecule has 0 fully saturated rings. The molecule has 0 aliphatic heterocycles. The van der Waals surface area contributed by atoms with Gasteiger partial charge >= 0.3 is 5.97 Å². The van der Waals surface area contributed by atoms with Crippen LogP contribution in [0, 0.1) is 13.8 Å². The van der Waals surface area contributed by atoms with E-state index < -0.39 is 5.97 Å². The molecule has 0 aromatic carbocycles. The van der Waals surface area contributed by atoms with Crippen LogP contribution in [0.25, 0.3) is 0 Å². The largest absolute Gasteiger partial charge is 0.481 e. The fraction of sp³-hybridized carbons (Fsp3) is 0.583. The minimum absolute atomic E-state index is 0.260. The first-order chi connectivity index (χ1) is 7.06. The van der Waals surface area contributed by atoms with Gasteiger partial charge in [-0.1, -0.05) is 0 Å². The second-order valence-electron chi connectivity index (χ2n) is 3.89. The van der Waals surface area contributed by atoms with Gasteiger partial charge in [-0.05, 0) is 45.2 Å². The van der Waals surface area contributed by atoms with E-state index in [4.69, 9.17) is 5.11 Å². The van der Waals surface area contributed by atoms with Crippen molar-refractivity contribution in [3.8, 4) is 0 Å². The van der Waals surface area contributed by atoms with E-state index in [1.165, 1.54) is 17.0 Å². The van der Waals surface area contributed by atoms with Crippen molar-refractivity contribution in [1.82, 2.24) is 4.57 Å². The minimum atomic E-state index is -0.709. The molecule has 1 N–H and O–H groups in total. The summed E-state index contributed by atoms with van der Waals surface area (Å²) in [5.41, 5.74) is 3.83. The third kappa shape index (κ3) is 2.85. The highest BCUT2D eigenvalue weighted by Gasteiger charge is 2.07. The zero-order chi connectivity index (χ0) is 11.4. The van der Waals surface area contributed by atoms with E-state index in [2.05, 4.69) is 31.4 Å². The summed E-state index contributed by atoms with van der Waals surface area (Å²) >= 11 is 0. The van der Waals surface area contributed by atoms with Gasteiger partial charge in [0.25, 0.3) is 0 Å². The Kier molecular flexibility index (Phi) is 3.95. The summed E-state index contributed by atoms with van der Waals surface area (Å²) in [6, 6.07) is 2.17. The molecular formula is C12H19NO2. The van der Waals surface area contributed by atoms with E-state index in [9.17, 15) is 4.79 Å². The smallest absolute Gasteiger partial charge is 0.303 e. The summed E-state index contributed by atoms with van der Waals surface area (Å²) < 4.78 is 2.26. The number of aryl methyl sites for hydroxylation is 2. The fourth-order valence-electron chi connectivity index (χ4n) is 2.04. The number of carbonyl (C=O) groups is 1. The van der Waals surface area contributed by atoms with Gasteiger partial charge in [-0.3, -0.25) is 4.79 Å². The maximum Gasteiger partial charge on any atom is 0.303 e. The molecule has 1 heterocycles. The molecule has 3 heteroatoms. The zero-order valence-electron chi connectivity index (χ0n) is 9.71. The van der Waals surface area contributed by atoms with E-state index in [0.29, 0.717) is 0 Å². The van der Waals surface area contributed by atoms with Crippen molar-refractivity contribution in [3.05, 3.63) is 23.0 Å². The quantitative estimate of drug-likeness (QED) is 0.809. The number of hydrogen-bond acceptors (Lipinski definition) is 1. The van der Waals surface area contributed by atoms with Crippen molar-refractivity contribution in [3.63, 3.8) is 0 Å². The minimum Gasteiger partial charge on any atom is -0.481 e. The van der Waals surface area contributed by atoms with E-state index in [1.54, 1.807) is 0 Å². The molecule has 0 bridgehead atoms. The summed E-state index contributed by atoms with van der Waals surface area (Å²) in [6.07, 6.45) is 1.85. The Hall–Kier alpha value is -1.25. The van der Waals surface area contributed by atoms with Crippen LogP contribution in [0.2, 0.25) is 0 Å². The van der Waals surface area contributed by atoms with Crippen molar-refractivity contribution >= 4 is 5.97 Å². The van der Waals surface area contributed by atoms with Gasteiger partial charge in [-0.2, -0.15) is 0 Å². The standard InChI is InChI=1S/C12H19NO2/c1-4-13-9(2)8-11(10(13)3)6-5-7-12(14)15/h8H,4-7H2,1-3H3,(H,14,15). The van der Waals surface area contributed by atoms with E-state index in [-0.39, 0.29) is 6.42 Å². The first-order valence-electron chi connectivity index (χ1n) is 5.43. The van der Waals surface area contributed by atoms with E-state index in [1.807, 2.05) is 0 Å². The highest BCUT2D eigenvalue weighted by atomic mass is 16.4. The Balaban J connectivity index is 2.65. The number of hydrogen-bond donors (Lipinski definition) is 1. The number of carboxylic acid groups (broad SMARTS) is 1. The molecule has 0 spiro atoms. The van der Waals surface area contributed by atoms with Gasteiger partial charge in [0.15, 0.2) is 0 Å². The monoisotopic (exact) mass is 209 g/mol. The molecule has 0 amide bonds. The summed E-state index contributed by atoms with van der Waals surface area (Å²) in [6.45, 7) is 7.31. The highest BCUT2D eigenvalue weighted by molar-refractivity contribution is 5.66. The molecule has 15 heavy (non-hydrogen) atoms. The SMILES string of the molecule is CCn1c(C)cc(CCCC(=O)O)c1C. The van der Waals surface area contributed by atoms with Crippen LogP contribution in [0.15, 0.2) is 6.07 Å². The van der Waals surface area contributed by atoms with Crippen molar-refractivity contribution < 1.29 is 9.90 Å². The number of aliphatic carboxylic acids is 1. The highest BCUT2D eigenvalue weighted by Crippen LogP contribution is 2.17. The van der Waals surface area contributed by atoms with Gasteiger partial charge in [0.2, 0.25) is 0 Å². The van der Waals surface area contributed by atoms with E-state index in [0.717, 1.165) is 19.4 Å². The molecule has 0 aliphatic rings. The van der Waals surface area contributed by atoms with Gasteiger partial charge in [0.1, 0.15) is 0 Å². The van der Waals surface area contributed by atoms with E-state index >= 15 is 0 Å². The fourth-order valence-corrected chi connectivity index (χ4v) is 2.04. The van der Waals surface area contributed by atoms with Gasteiger partial charge in [-0.15, -0.1) is 0 Å². The topological polar surface area (TPSA) is 42.2 Å². The van der Waals surface area contributed by atoms with Crippen molar-refractivity contribution in [1.29, 1.82) is 0 Å². The lowest BCUT2D eigenvalue weighted by Gasteiger charge is -2.05. The third-order valence-electron chi connectivity index (χ3n) is 2.83. The molecule has 1 rings (SSSR count). The normalized spacial score (nSPS) is 10.6. The Morgan fingerprint density at radius 1 is 1.47 bits per heavy atom. The molecule has 0 aliphatic carbocycles. The predicted molar refractivity (Wildman–Crippen MR) is 60.2 cm³/mol. The molecule has 3 nitrogen and oxygen atoms in total. The summed E-state index contributed by atoms with van der Waals surface area (Å²) in [4.78, 5) is 10.4. The first kappa shape index (κ1) is 11.8. The Labute approximate surface area is 90.7 Å². The Morgan fingerprint density at radius 3 is 2.60 bits per heavy atom. The second kappa shape index (κ2) is 5.01. The predicted octanol–water partition coefficient (Wildman–Crippen LogP) is 2.53. The van der Waals surface area contributed by atoms with Crippen LogP contribution in [0.1, 0.15) is 36.7 Å². The van der Waals surface area contributed by atoms with Crippen LogP contribution in [-0.4, -0.2) is 15.6 Å². The molecule has 0 radical (unpaired) electrons. The van der Waals surface area contributed by atoms with Crippen LogP contribution in [0.5, 0.6) is 0 Å². The molecule has 0 saturated carbocycles. The van der Waals surface area contributed by atoms with Crippen LogP contribution in [0.3, 0.4) is 0 Å². The summed E-state index contributed by atoms with van der Waals surface area (Å²) in [5, 5.41) is 8.56. The average molecular weight is 209 g/mol. The third-order valence-corrected chi connectivity index (χ3v) is 2.83. The Bertz CT molecular complexity index is 353. The molecule has 0 unspecified atom stereocenters. The Morgan fingerprint density at radius 2 is 2.13 bits per heavy atom. The van der Waals surface area contributed by atoms with Gasteiger partial charge in [0, 0.05) is 24.4 Å². The van der Waals surface area contributed by atoms with Gasteiger partial charge < -0.3 is 9.67 Å². The average Bonchev–Trinajstić information content (AvgIpc) is 2.41. The number of nitrogens with zero attached hydrogens (tertiary/aromatic N) is 1. The van der Waals surface area contributed by atoms with Crippen molar-refractivity contribution in [2.75, 3.05) is 0 Å². The summed E-state index contributed by atoms with van der Waals surface area (Å²) in [7, 11) is 0. The molecule has 0 saturated heterocycles. The summed E-state index contributed by atoms with van der Waals surface area (Å²) in [5.74, 6) is -0.709. The van der Waals surface area contributed by atoms with Crippen LogP contribution >= 0.6 is 0 Å². The second-order valence-corrected chi connectivity index (χ2v) is 3.89.